The van der Waals surface area contributed by atoms with Gasteiger partial charge in [-0.25, -0.2) is 4.68 Å². The van der Waals surface area contributed by atoms with Gasteiger partial charge in [-0.3, -0.25) is 0 Å². The molecule has 4 bridgehead atoms. The Bertz CT molecular complexity index is 452. The molecule has 5 rings (SSSR count). The minimum absolute atomic E-state index is 0.471. The van der Waals surface area contributed by atoms with E-state index >= 15 is 0 Å². The van der Waals surface area contributed by atoms with Gasteiger partial charge in [-0.2, -0.15) is 0 Å². The van der Waals surface area contributed by atoms with Gasteiger partial charge in [0, 0.05) is 6.04 Å². The van der Waals surface area contributed by atoms with Crippen molar-refractivity contribution in [2.45, 2.75) is 64.6 Å². The first-order valence-electron chi connectivity index (χ1n) is 8.21. The lowest BCUT2D eigenvalue weighted by atomic mass is 9.54. The van der Waals surface area contributed by atoms with Gasteiger partial charge in [0.1, 0.15) is 0 Å². The molecule has 0 saturated heterocycles. The predicted molar refractivity (Wildman–Crippen MR) is 75.9 cm³/mol. The second-order valence-electron chi connectivity index (χ2n) is 7.50. The van der Waals surface area contributed by atoms with Crippen molar-refractivity contribution in [3.63, 3.8) is 0 Å². The van der Waals surface area contributed by atoms with Gasteiger partial charge in [-0.15, -0.1) is 5.10 Å². The zero-order valence-corrected chi connectivity index (χ0v) is 12.5. The van der Waals surface area contributed by atoms with Crippen molar-refractivity contribution in [2.75, 3.05) is 0 Å². The Labute approximate surface area is 120 Å². The average molecular weight is 275 g/mol. The molecule has 1 heterocycles. The minimum Gasteiger partial charge on any atom is -0.308 e. The lowest BCUT2D eigenvalue weighted by Gasteiger charge is -2.54. The highest BCUT2D eigenvalue weighted by Gasteiger charge is 2.49. The molecule has 4 saturated carbocycles. The molecular weight excluding hydrogens is 250 g/mol. The standard InChI is InChI=1S/C15H25N5/c1-9(2)16-8-14-17-18-19-20(14)15-12-4-10-3-11(6-12)7-13(15)5-10/h9-13,15-16H,3-8H2,1-2H3. The van der Waals surface area contributed by atoms with E-state index in [4.69, 9.17) is 0 Å². The second-order valence-corrected chi connectivity index (χ2v) is 7.50. The van der Waals surface area contributed by atoms with E-state index in [2.05, 4.69) is 39.4 Å². The molecule has 0 aliphatic heterocycles. The molecular formula is C15H25N5. The van der Waals surface area contributed by atoms with Crippen molar-refractivity contribution < 1.29 is 0 Å². The van der Waals surface area contributed by atoms with Crippen molar-refractivity contribution in [3.05, 3.63) is 5.82 Å². The fraction of sp³-hybridized carbons (Fsp3) is 0.933. The molecule has 110 valence electrons. The number of aromatic nitrogens is 4. The van der Waals surface area contributed by atoms with Crippen LogP contribution in [0, 0.1) is 23.7 Å². The third kappa shape index (κ3) is 2.07. The summed E-state index contributed by atoms with van der Waals surface area (Å²) in [6, 6.07) is 1.04. The molecule has 5 nitrogen and oxygen atoms in total. The Morgan fingerprint density at radius 1 is 1.10 bits per heavy atom. The van der Waals surface area contributed by atoms with Crippen LogP contribution in [-0.2, 0) is 6.54 Å². The average Bonchev–Trinajstić information content (AvgIpc) is 2.83. The zero-order chi connectivity index (χ0) is 13.7. The molecule has 1 aromatic rings. The van der Waals surface area contributed by atoms with Crippen LogP contribution in [0.4, 0.5) is 0 Å². The lowest BCUT2D eigenvalue weighted by Crippen LogP contribution is -2.46. The molecule has 0 atom stereocenters. The summed E-state index contributed by atoms with van der Waals surface area (Å²) in [5.74, 6) is 4.68. The molecule has 5 heteroatoms. The van der Waals surface area contributed by atoms with Gasteiger partial charge >= 0.3 is 0 Å². The number of nitrogens with one attached hydrogen (secondary N) is 1. The topological polar surface area (TPSA) is 55.6 Å². The molecule has 4 fully saturated rings. The number of hydrogen-bond donors (Lipinski definition) is 1. The van der Waals surface area contributed by atoms with Crippen LogP contribution in [-0.4, -0.2) is 26.2 Å². The molecule has 1 aromatic heterocycles. The maximum Gasteiger partial charge on any atom is 0.165 e. The molecule has 4 aliphatic rings. The molecule has 0 amide bonds. The van der Waals surface area contributed by atoms with Crippen LogP contribution < -0.4 is 5.32 Å². The van der Waals surface area contributed by atoms with Gasteiger partial charge < -0.3 is 5.32 Å². The molecule has 0 unspecified atom stereocenters. The Morgan fingerprint density at radius 2 is 1.75 bits per heavy atom. The van der Waals surface area contributed by atoms with Crippen LogP contribution in [0.15, 0.2) is 0 Å². The van der Waals surface area contributed by atoms with E-state index in [9.17, 15) is 0 Å². The van der Waals surface area contributed by atoms with Crippen LogP contribution in [0.5, 0.6) is 0 Å². The molecule has 0 aromatic carbocycles. The molecule has 20 heavy (non-hydrogen) atoms. The predicted octanol–water partition coefficient (Wildman–Crippen LogP) is 2.17. The summed E-state index contributed by atoms with van der Waals surface area (Å²) in [6.07, 6.45) is 7.14. The largest absolute Gasteiger partial charge is 0.308 e. The minimum atomic E-state index is 0.471. The first-order chi connectivity index (χ1) is 9.70. The fourth-order valence-corrected chi connectivity index (χ4v) is 5.15. The summed E-state index contributed by atoms with van der Waals surface area (Å²) in [7, 11) is 0. The first kappa shape index (κ1) is 12.7. The lowest BCUT2D eigenvalue weighted by molar-refractivity contribution is -0.0354. The highest BCUT2D eigenvalue weighted by atomic mass is 15.6. The van der Waals surface area contributed by atoms with Gasteiger partial charge in [-0.05, 0) is 66.2 Å². The summed E-state index contributed by atoms with van der Waals surface area (Å²) in [6.45, 7) is 5.11. The van der Waals surface area contributed by atoms with Crippen molar-refractivity contribution in [1.82, 2.24) is 25.5 Å². The Hall–Kier alpha value is -0.970. The van der Waals surface area contributed by atoms with Gasteiger partial charge in [-0.1, -0.05) is 13.8 Å². The van der Waals surface area contributed by atoms with E-state index in [1.54, 1.807) is 0 Å². The monoisotopic (exact) mass is 275 g/mol. The number of tetrazole rings is 1. The van der Waals surface area contributed by atoms with Crippen LogP contribution in [0.25, 0.3) is 0 Å². The van der Waals surface area contributed by atoms with Crippen molar-refractivity contribution in [3.8, 4) is 0 Å². The van der Waals surface area contributed by atoms with Gasteiger partial charge in [0.15, 0.2) is 5.82 Å². The quantitative estimate of drug-likeness (QED) is 0.915. The summed E-state index contributed by atoms with van der Waals surface area (Å²) >= 11 is 0. The fourth-order valence-electron chi connectivity index (χ4n) is 5.15. The Morgan fingerprint density at radius 3 is 2.35 bits per heavy atom. The Balaban J connectivity index is 1.57. The molecule has 4 aliphatic carbocycles. The van der Waals surface area contributed by atoms with E-state index in [1.165, 1.54) is 32.1 Å². The first-order valence-corrected chi connectivity index (χ1v) is 8.21. The maximum absolute atomic E-state index is 4.36. The van der Waals surface area contributed by atoms with E-state index < -0.39 is 0 Å². The smallest absolute Gasteiger partial charge is 0.165 e. The van der Waals surface area contributed by atoms with Crippen LogP contribution in [0.3, 0.4) is 0 Å². The summed E-state index contributed by atoms with van der Waals surface area (Å²) in [5, 5.41) is 16.0. The van der Waals surface area contributed by atoms with Crippen molar-refractivity contribution >= 4 is 0 Å². The van der Waals surface area contributed by atoms with E-state index in [1.807, 2.05) is 0 Å². The normalized spacial score (nSPS) is 38.9. The SMILES string of the molecule is CC(C)NCc1nnnn1C1C2CC3CC(C2)CC1C3. The number of hydrogen-bond acceptors (Lipinski definition) is 4. The van der Waals surface area contributed by atoms with Crippen molar-refractivity contribution in [1.29, 1.82) is 0 Å². The highest BCUT2D eigenvalue weighted by molar-refractivity contribution is 5.02. The summed E-state index contributed by atoms with van der Waals surface area (Å²) in [4.78, 5) is 0. The van der Waals surface area contributed by atoms with Gasteiger partial charge in [0.25, 0.3) is 0 Å². The number of nitrogens with zero attached hydrogens (tertiary/aromatic N) is 4. The highest BCUT2D eigenvalue weighted by Crippen LogP contribution is 2.58. The van der Waals surface area contributed by atoms with Crippen LogP contribution in [0.1, 0.15) is 57.8 Å². The summed E-state index contributed by atoms with van der Waals surface area (Å²) < 4.78 is 2.17. The zero-order valence-electron chi connectivity index (χ0n) is 12.5. The third-order valence-electron chi connectivity index (χ3n) is 5.69. The van der Waals surface area contributed by atoms with E-state index in [-0.39, 0.29) is 0 Å². The van der Waals surface area contributed by atoms with Crippen LogP contribution >= 0.6 is 0 Å². The molecule has 0 spiro atoms. The molecule has 0 radical (unpaired) electrons. The molecule has 1 N–H and O–H groups in total. The maximum atomic E-state index is 4.36. The van der Waals surface area contributed by atoms with Gasteiger partial charge in [0.2, 0.25) is 0 Å². The summed E-state index contributed by atoms with van der Waals surface area (Å²) in [5.41, 5.74) is 0. The van der Waals surface area contributed by atoms with E-state index in [0.717, 1.165) is 36.0 Å². The van der Waals surface area contributed by atoms with Crippen LogP contribution in [0.2, 0.25) is 0 Å². The van der Waals surface area contributed by atoms with E-state index in [0.29, 0.717) is 12.1 Å². The Kier molecular flexibility index (Phi) is 3.05. The third-order valence-corrected chi connectivity index (χ3v) is 5.69. The number of rotatable bonds is 4. The second kappa shape index (κ2) is 4.79. The van der Waals surface area contributed by atoms with Crippen molar-refractivity contribution in [2.24, 2.45) is 23.7 Å². The van der Waals surface area contributed by atoms with Gasteiger partial charge in [0.05, 0.1) is 12.6 Å².